The number of nitriles is 1. The number of nitrogens with zero attached hydrogens (tertiary/aromatic N) is 3. The Bertz CT molecular complexity index is 539. The predicted octanol–water partition coefficient (Wildman–Crippen LogP) is 2.21. The van der Waals surface area contributed by atoms with Gasteiger partial charge in [-0.2, -0.15) is 10.4 Å². The summed E-state index contributed by atoms with van der Waals surface area (Å²) in [4.78, 5) is 0. The van der Waals surface area contributed by atoms with E-state index in [2.05, 4.69) is 28.6 Å². The molecule has 0 saturated carbocycles. The van der Waals surface area contributed by atoms with Gasteiger partial charge in [0.15, 0.2) is 0 Å². The summed E-state index contributed by atoms with van der Waals surface area (Å²) in [6.45, 7) is 0.840. The summed E-state index contributed by atoms with van der Waals surface area (Å²) in [5, 5.41) is 16.5. The van der Waals surface area contributed by atoms with Crippen molar-refractivity contribution < 1.29 is 0 Å². The smallest absolute Gasteiger partial charge is 0.0641 e. The number of hydrogen-bond acceptors (Lipinski definition) is 3. The quantitative estimate of drug-likeness (QED) is 0.860. The molecule has 1 aromatic carbocycles. The Morgan fingerprint density at radius 2 is 2.16 bits per heavy atom. The van der Waals surface area contributed by atoms with Gasteiger partial charge in [-0.15, -0.1) is 0 Å². The zero-order chi connectivity index (χ0) is 13.5. The molecule has 0 aliphatic rings. The third-order valence-corrected chi connectivity index (χ3v) is 3.06. The molecule has 0 spiro atoms. The molecule has 1 unspecified atom stereocenters. The highest BCUT2D eigenvalue weighted by atomic mass is 15.2. The third kappa shape index (κ3) is 3.94. The van der Waals surface area contributed by atoms with Gasteiger partial charge in [0.1, 0.15) is 0 Å². The summed E-state index contributed by atoms with van der Waals surface area (Å²) in [5.74, 6) is 0. The Kier molecular flexibility index (Phi) is 4.71. The third-order valence-electron chi connectivity index (χ3n) is 3.06. The van der Waals surface area contributed by atoms with Gasteiger partial charge < -0.3 is 5.32 Å². The number of aromatic nitrogens is 2. The minimum atomic E-state index is 0.0999. The topological polar surface area (TPSA) is 53.6 Å². The second kappa shape index (κ2) is 6.72. The maximum absolute atomic E-state index is 8.91. The highest BCUT2D eigenvalue weighted by Gasteiger charge is 2.09. The maximum atomic E-state index is 8.91. The van der Waals surface area contributed by atoms with Gasteiger partial charge in [-0.1, -0.05) is 30.3 Å². The largest absolute Gasteiger partial charge is 0.309 e. The first-order valence-electron chi connectivity index (χ1n) is 6.42. The molecule has 0 radical (unpaired) electrons. The standard InChI is InChI=1S/C15H18N4/c1-19-12-13(11-18-19)8-10-17-15(7-9-16)14-5-3-2-4-6-14/h2-6,11-12,15,17H,7-8,10H2,1H3. The summed E-state index contributed by atoms with van der Waals surface area (Å²) >= 11 is 0. The summed E-state index contributed by atoms with van der Waals surface area (Å²) < 4.78 is 1.80. The van der Waals surface area contributed by atoms with Crippen molar-refractivity contribution in [1.29, 1.82) is 5.26 Å². The molecule has 98 valence electrons. The Labute approximate surface area is 113 Å². The molecule has 0 amide bonds. The molecule has 4 heteroatoms. The first-order chi connectivity index (χ1) is 9.29. The van der Waals surface area contributed by atoms with Gasteiger partial charge in [0.25, 0.3) is 0 Å². The first kappa shape index (κ1) is 13.3. The van der Waals surface area contributed by atoms with Crippen molar-refractivity contribution in [2.24, 2.45) is 7.05 Å². The maximum Gasteiger partial charge on any atom is 0.0641 e. The minimum absolute atomic E-state index is 0.0999. The van der Waals surface area contributed by atoms with Gasteiger partial charge in [-0.05, 0) is 24.1 Å². The van der Waals surface area contributed by atoms with Gasteiger partial charge in [-0.25, -0.2) is 0 Å². The van der Waals surface area contributed by atoms with Gasteiger partial charge >= 0.3 is 0 Å². The van der Waals surface area contributed by atoms with E-state index in [4.69, 9.17) is 5.26 Å². The minimum Gasteiger partial charge on any atom is -0.309 e. The van der Waals surface area contributed by atoms with E-state index in [0.717, 1.165) is 18.5 Å². The number of nitrogens with one attached hydrogen (secondary N) is 1. The van der Waals surface area contributed by atoms with Crippen LogP contribution in [0.1, 0.15) is 23.6 Å². The molecular weight excluding hydrogens is 236 g/mol. The molecule has 1 heterocycles. The molecule has 0 aliphatic carbocycles. The second-order valence-electron chi connectivity index (χ2n) is 4.55. The molecule has 4 nitrogen and oxygen atoms in total. The molecule has 0 aliphatic heterocycles. The van der Waals surface area contributed by atoms with Gasteiger partial charge in [0, 0.05) is 19.3 Å². The molecule has 1 N–H and O–H groups in total. The lowest BCUT2D eigenvalue weighted by Gasteiger charge is -2.15. The van der Waals surface area contributed by atoms with Crippen LogP contribution in [0.2, 0.25) is 0 Å². The zero-order valence-corrected chi connectivity index (χ0v) is 11.1. The zero-order valence-electron chi connectivity index (χ0n) is 11.1. The van der Waals surface area contributed by atoms with Crippen LogP contribution in [0.3, 0.4) is 0 Å². The number of hydrogen-bond donors (Lipinski definition) is 1. The van der Waals surface area contributed by atoms with Crippen molar-refractivity contribution in [1.82, 2.24) is 15.1 Å². The fourth-order valence-electron chi connectivity index (χ4n) is 2.08. The molecule has 2 rings (SSSR count). The van der Waals surface area contributed by atoms with Crippen molar-refractivity contribution in [3.63, 3.8) is 0 Å². The van der Waals surface area contributed by atoms with E-state index in [1.54, 1.807) is 4.68 Å². The summed E-state index contributed by atoms with van der Waals surface area (Å²) in [5.41, 5.74) is 2.37. The van der Waals surface area contributed by atoms with E-state index in [9.17, 15) is 0 Å². The molecule has 2 aromatic rings. The van der Waals surface area contributed by atoms with Gasteiger partial charge in [0.05, 0.1) is 18.7 Å². The number of rotatable bonds is 6. The van der Waals surface area contributed by atoms with Crippen molar-refractivity contribution in [3.05, 3.63) is 53.9 Å². The molecule has 19 heavy (non-hydrogen) atoms. The number of benzene rings is 1. The van der Waals surface area contributed by atoms with Crippen LogP contribution in [0.5, 0.6) is 0 Å². The molecule has 1 aromatic heterocycles. The van der Waals surface area contributed by atoms with Gasteiger partial charge in [-0.3, -0.25) is 4.68 Å². The highest BCUT2D eigenvalue weighted by molar-refractivity contribution is 5.20. The van der Waals surface area contributed by atoms with Gasteiger partial charge in [0.2, 0.25) is 0 Å². The summed E-state index contributed by atoms with van der Waals surface area (Å²) in [7, 11) is 1.92. The van der Waals surface area contributed by atoms with E-state index in [1.807, 2.05) is 37.6 Å². The SMILES string of the molecule is Cn1cc(CCNC(CC#N)c2ccccc2)cn1. The predicted molar refractivity (Wildman–Crippen MR) is 74.3 cm³/mol. The van der Waals surface area contributed by atoms with Crippen LogP contribution in [0.25, 0.3) is 0 Å². The Hall–Kier alpha value is -2.12. The van der Waals surface area contributed by atoms with Crippen LogP contribution in [0.15, 0.2) is 42.7 Å². The van der Waals surface area contributed by atoms with E-state index in [0.29, 0.717) is 6.42 Å². The van der Waals surface area contributed by atoms with E-state index >= 15 is 0 Å². The van der Waals surface area contributed by atoms with Crippen molar-refractivity contribution in [3.8, 4) is 6.07 Å². The van der Waals surface area contributed by atoms with Crippen LogP contribution in [-0.2, 0) is 13.5 Å². The molecule has 0 bridgehead atoms. The van der Waals surface area contributed by atoms with Crippen LogP contribution < -0.4 is 5.32 Å². The van der Waals surface area contributed by atoms with Crippen molar-refractivity contribution in [2.45, 2.75) is 18.9 Å². The molecular formula is C15H18N4. The molecule has 1 atom stereocenters. The normalized spacial score (nSPS) is 12.0. The average Bonchev–Trinajstić information content (AvgIpc) is 2.84. The Balaban J connectivity index is 1.89. The Morgan fingerprint density at radius 3 is 2.79 bits per heavy atom. The van der Waals surface area contributed by atoms with Crippen LogP contribution in [0, 0.1) is 11.3 Å². The monoisotopic (exact) mass is 254 g/mol. The van der Waals surface area contributed by atoms with Crippen LogP contribution in [0.4, 0.5) is 0 Å². The van der Waals surface area contributed by atoms with Crippen molar-refractivity contribution in [2.75, 3.05) is 6.54 Å². The summed E-state index contributed by atoms with van der Waals surface area (Å²) in [6, 6.07) is 12.4. The first-order valence-corrected chi connectivity index (χ1v) is 6.42. The average molecular weight is 254 g/mol. The van der Waals surface area contributed by atoms with E-state index in [-0.39, 0.29) is 6.04 Å². The fraction of sp³-hybridized carbons (Fsp3) is 0.333. The lowest BCUT2D eigenvalue weighted by atomic mass is 10.0. The molecule has 0 fully saturated rings. The van der Waals surface area contributed by atoms with E-state index < -0.39 is 0 Å². The fourth-order valence-corrected chi connectivity index (χ4v) is 2.08. The lowest BCUT2D eigenvalue weighted by molar-refractivity contribution is 0.545. The lowest BCUT2D eigenvalue weighted by Crippen LogP contribution is -2.23. The van der Waals surface area contributed by atoms with Crippen LogP contribution >= 0.6 is 0 Å². The second-order valence-corrected chi connectivity index (χ2v) is 4.55. The number of aryl methyl sites for hydroxylation is 1. The van der Waals surface area contributed by atoms with E-state index in [1.165, 1.54) is 5.56 Å². The van der Waals surface area contributed by atoms with Crippen molar-refractivity contribution >= 4 is 0 Å². The Morgan fingerprint density at radius 1 is 1.37 bits per heavy atom. The summed E-state index contributed by atoms with van der Waals surface area (Å²) in [6.07, 6.45) is 5.30. The van der Waals surface area contributed by atoms with Crippen LogP contribution in [-0.4, -0.2) is 16.3 Å². The molecule has 0 saturated heterocycles. The highest BCUT2D eigenvalue weighted by Crippen LogP contribution is 2.15.